The van der Waals surface area contributed by atoms with E-state index in [-0.39, 0.29) is 4.90 Å². The van der Waals surface area contributed by atoms with Crippen molar-refractivity contribution in [2.75, 3.05) is 19.8 Å². The highest BCUT2D eigenvalue weighted by atomic mass is 35.5. The molecule has 0 spiro atoms. The first kappa shape index (κ1) is 15.7. The monoisotopic (exact) mass is 365 g/mol. The van der Waals surface area contributed by atoms with Crippen molar-refractivity contribution in [3.8, 4) is 11.5 Å². The maximum atomic E-state index is 12.8. The zero-order valence-electron chi connectivity index (χ0n) is 12.9. The summed E-state index contributed by atoms with van der Waals surface area (Å²) in [6, 6.07) is 10.1. The minimum atomic E-state index is -3.54. The van der Waals surface area contributed by atoms with Crippen LogP contribution in [0.5, 0.6) is 11.5 Å². The van der Waals surface area contributed by atoms with Crippen LogP contribution in [0.4, 0.5) is 0 Å². The molecule has 0 radical (unpaired) electrons. The van der Waals surface area contributed by atoms with Crippen LogP contribution in [0.15, 0.2) is 41.3 Å². The Morgan fingerprint density at radius 3 is 2.25 bits per heavy atom. The van der Waals surface area contributed by atoms with Crippen molar-refractivity contribution in [1.82, 2.24) is 4.31 Å². The molecule has 0 N–H and O–H groups in total. The second-order valence-electron chi connectivity index (χ2n) is 5.81. The van der Waals surface area contributed by atoms with Crippen LogP contribution < -0.4 is 9.47 Å². The van der Waals surface area contributed by atoms with Crippen LogP contribution in [0.3, 0.4) is 0 Å². The van der Waals surface area contributed by atoms with E-state index >= 15 is 0 Å². The van der Waals surface area contributed by atoms with Crippen LogP contribution >= 0.6 is 11.6 Å². The highest BCUT2D eigenvalue weighted by Gasteiger charge is 2.29. The highest BCUT2D eigenvalue weighted by molar-refractivity contribution is 7.89. The lowest BCUT2D eigenvalue weighted by Crippen LogP contribution is -2.36. The first-order chi connectivity index (χ1) is 11.5. The summed E-state index contributed by atoms with van der Waals surface area (Å²) < 4.78 is 38.3. The third kappa shape index (κ3) is 2.75. The molecule has 0 saturated heterocycles. The minimum Gasteiger partial charge on any atom is -0.486 e. The molecule has 7 heteroatoms. The van der Waals surface area contributed by atoms with Crippen molar-refractivity contribution in [2.45, 2.75) is 17.9 Å². The molecule has 2 aliphatic rings. The molecule has 0 aromatic heterocycles. The highest BCUT2D eigenvalue weighted by Crippen LogP contribution is 2.36. The predicted octanol–water partition coefficient (Wildman–Crippen LogP) is 2.86. The number of hydrogen-bond acceptors (Lipinski definition) is 4. The molecule has 0 fully saturated rings. The van der Waals surface area contributed by atoms with Crippen LogP contribution in [0.25, 0.3) is 0 Å². The molecule has 126 valence electrons. The quantitative estimate of drug-likeness (QED) is 0.821. The fourth-order valence-corrected chi connectivity index (χ4v) is 4.57. The fraction of sp³-hybridized carbons (Fsp3) is 0.294. The summed E-state index contributed by atoms with van der Waals surface area (Å²) in [7, 11) is -3.54. The average molecular weight is 366 g/mol. The zero-order valence-corrected chi connectivity index (χ0v) is 14.4. The van der Waals surface area contributed by atoms with E-state index in [2.05, 4.69) is 0 Å². The zero-order chi connectivity index (χ0) is 16.7. The lowest BCUT2D eigenvalue weighted by atomic mass is 10.00. The first-order valence-corrected chi connectivity index (χ1v) is 9.53. The molecule has 4 rings (SSSR count). The number of nitrogens with zero attached hydrogens (tertiary/aromatic N) is 1. The summed E-state index contributed by atoms with van der Waals surface area (Å²) in [6.07, 6.45) is 0.652. The number of sulfonamides is 1. The maximum absolute atomic E-state index is 12.8. The molecule has 2 heterocycles. The van der Waals surface area contributed by atoms with Gasteiger partial charge >= 0.3 is 0 Å². The van der Waals surface area contributed by atoms with E-state index in [9.17, 15) is 8.42 Å². The Balaban J connectivity index is 1.65. The summed E-state index contributed by atoms with van der Waals surface area (Å²) >= 11 is 5.85. The van der Waals surface area contributed by atoms with Gasteiger partial charge in [-0.25, -0.2) is 8.42 Å². The number of benzene rings is 2. The SMILES string of the molecule is O=S(=O)(c1ccc(Cl)cc1)N1CCc2cc3c(cc2C1)OCCO3. The van der Waals surface area contributed by atoms with Gasteiger partial charge in [-0.2, -0.15) is 4.31 Å². The van der Waals surface area contributed by atoms with Gasteiger partial charge in [-0.1, -0.05) is 11.6 Å². The van der Waals surface area contributed by atoms with Gasteiger partial charge in [-0.15, -0.1) is 0 Å². The number of fused-ring (bicyclic) bond motifs is 2. The lowest BCUT2D eigenvalue weighted by molar-refractivity contribution is 0.171. The van der Waals surface area contributed by atoms with Gasteiger partial charge < -0.3 is 9.47 Å². The molecule has 24 heavy (non-hydrogen) atoms. The van der Waals surface area contributed by atoms with E-state index in [1.807, 2.05) is 12.1 Å². The standard InChI is InChI=1S/C17H16ClNO4S/c18-14-1-3-15(4-2-14)24(20,21)19-6-5-12-9-16-17(10-13(12)11-19)23-8-7-22-16/h1-4,9-10H,5-8,11H2. The summed E-state index contributed by atoms with van der Waals surface area (Å²) in [5, 5.41) is 0.515. The van der Waals surface area contributed by atoms with Crippen LogP contribution in [0.2, 0.25) is 5.02 Å². The molecular weight excluding hydrogens is 350 g/mol. The second kappa shape index (κ2) is 5.95. The van der Waals surface area contributed by atoms with E-state index in [4.69, 9.17) is 21.1 Å². The van der Waals surface area contributed by atoms with Crippen molar-refractivity contribution >= 4 is 21.6 Å². The summed E-state index contributed by atoms with van der Waals surface area (Å²) in [5.41, 5.74) is 2.07. The Morgan fingerprint density at radius 2 is 1.58 bits per heavy atom. The molecule has 2 aromatic rings. The van der Waals surface area contributed by atoms with E-state index in [0.29, 0.717) is 43.5 Å². The van der Waals surface area contributed by atoms with E-state index in [1.165, 1.54) is 16.4 Å². The number of rotatable bonds is 2. The number of ether oxygens (including phenoxy) is 2. The Bertz CT molecular complexity index is 880. The first-order valence-electron chi connectivity index (χ1n) is 7.71. The van der Waals surface area contributed by atoms with Gasteiger partial charge in [0.25, 0.3) is 0 Å². The van der Waals surface area contributed by atoms with Crippen LogP contribution in [-0.2, 0) is 23.0 Å². The van der Waals surface area contributed by atoms with Crippen LogP contribution in [0.1, 0.15) is 11.1 Å². The molecule has 5 nitrogen and oxygen atoms in total. The van der Waals surface area contributed by atoms with Gasteiger partial charge in [0.1, 0.15) is 13.2 Å². The lowest BCUT2D eigenvalue weighted by Gasteiger charge is -2.30. The third-order valence-electron chi connectivity index (χ3n) is 4.29. The van der Waals surface area contributed by atoms with Crippen molar-refractivity contribution in [2.24, 2.45) is 0 Å². The Kier molecular flexibility index (Phi) is 3.90. The summed E-state index contributed by atoms with van der Waals surface area (Å²) in [4.78, 5) is 0.257. The van der Waals surface area contributed by atoms with Gasteiger partial charge in [0.15, 0.2) is 11.5 Å². The Morgan fingerprint density at radius 1 is 0.958 bits per heavy atom. The smallest absolute Gasteiger partial charge is 0.243 e. The van der Waals surface area contributed by atoms with Crippen molar-refractivity contribution in [1.29, 1.82) is 0 Å². The number of hydrogen-bond donors (Lipinski definition) is 0. The molecule has 0 unspecified atom stereocenters. The van der Waals surface area contributed by atoms with Gasteiger partial charge in [0.2, 0.25) is 10.0 Å². The van der Waals surface area contributed by atoms with E-state index < -0.39 is 10.0 Å². The van der Waals surface area contributed by atoms with E-state index in [1.54, 1.807) is 12.1 Å². The fourth-order valence-electron chi connectivity index (χ4n) is 3.03. The van der Waals surface area contributed by atoms with Crippen molar-refractivity contribution < 1.29 is 17.9 Å². The molecular formula is C17H16ClNO4S. The molecule has 0 bridgehead atoms. The van der Waals surface area contributed by atoms with Gasteiger partial charge in [0, 0.05) is 18.1 Å². The van der Waals surface area contributed by atoms with Gasteiger partial charge in [-0.05, 0) is 53.9 Å². The van der Waals surface area contributed by atoms with Crippen LogP contribution in [0, 0.1) is 0 Å². The van der Waals surface area contributed by atoms with Crippen LogP contribution in [-0.4, -0.2) is 32.5 Å². The molecule has 2 aliphatic heterocycles. The summed E-state index contributed by atoms with van der Waals surface area (Å²) in [5.74, 6) is 1.43. The van der Waals surface area contributed by atoms with Gasteiger partial charge in [-0.3, -0.25) is 0 Å². The van der Waals surface area contributed by atoms with Crippen molar-refractivity contribution in [3.05, 3.63) is 52.5 Å². The third-order valence-corrected chi connectivity index (χ3v) is 6.40. The topological polar surface area (TPSA) is 55.8 Å². The average Bonchev–Trinajstić information content (AvgIpc) is 2.59. The predicted molar refractivity (Wildman–Crippen MR) is 90.2 cm³/mol. The number of halogens is 1. The Labute approximate surface area is 145 Å². The van der Waals surface area contributed by atoms with E-state index in [0.717, 1.165) is 16.9 Å². The minimum absolute atomic E-state index is 0.257. The Hall–Kier alpha value is -1.76. The second-order valence-corrected chi connectivity index (χ2v) is 8.18. The largest absolute Gasteiger partial charge is 0.486 e. The molecule has 0 saturated carbocycles. The maximum Gasteiger partial charge on any atom is 0.243 e. The molecule has 0 amide bonds. The van der Waals surface area contributed by atoms with Crippen molar-refractivity contribution in [3.63, 3.8) is 0 Å². The molecule has 2 aromatic carbocycles. The van der Waals surface area contributed by atoms with Gasteiger partial charge in [0.05, 0.1) is 4.90 Å². The summed E-state index contributed by atoms with van der Waals surface area (Å²) in [6.45, 7) is 1.83. The normalized spacial score (nSPS) is 17.4. The molecule has 0 aliphatic carbocycles. The molecule has 0 atom stereocenters.